The standard InChI is InChI=1S/C13H13ClN2O2/c1-18-13(17)11-3-2-6-16(11)12-7-10(14)5-4-9(12)8-15/h4-5,7,11H,2-3,6H2,1H3. The van der Waals surface area contributed by atoms with Gasteiger partial charge in [-0.15, -0.1) is 0 Å². The summed E-state index contributed by atoms with van der Waals surface area (Å²) in [5.74, 6) is -0.267. The van der Waals surface area contributed by atoms with E-state index in [1.54, 1.807) is 18.2 Å². The number of carbonyl (C=O) groups excluding carboxylic acids is 1. The van der Waals surface area contributed by atoms with Crippen LogP contribution in [0.4, 0.5) is 5.69 Å². The lowest BCUT2D eigenvalue weighted by Crippen LogP contribution is -2.37. The Morgan fingerprint density at radius 1 is 1.61 bits per heavy atom. The van der Waals surface area contributed by atoms with E-state index in [0.29, 0.717) is 16.3 Å². The number of carbonyl (C=O) groups is 1. The Kier molecular flexibility index (Phi) is 3.73. The largest absolute Gasteiger partial charge is 0.467 e. The van der Waals surface area contributed by atoms with Gasteiger partial charge in [0, 0.05) is 11.6 Å². The molecule has 1 aliphatic heterocycles. The van der Waals surface area contributed by atoms with Gasteiger partial charge in [0.15, 0.2) is 0 Å². The number of nitriles is 1. The molecule has 0 bridgehead atoms. The van der Waals surface area contributed by atoms with Gasteiger partial charge in [-0.2, -0.15) is 5.26 Å². The topological polar surface area (TPSA) is 53.3 Å². The van der Waals surface area contributed by atoms with Crippen LogP contribution in [0, 0.1) is 11.3 Å². The number of esters is 1. The molecule has 4 nitrogen and oxygen atoms in total. The van der Waals surface area contributed by atoms with Crippen LogP contribution in [0.5, 0.6) is 0 Å². The molecule has 1 unspecified atom stereocenters. The summed E-state index contributed by atoms with van der Waals surface area (Å²) in [7, 11) is 1.38. The molecule has 0 spiro atoms. The van der Waals surface area contributed by atoms with Crippen LogP contribution in [0.1, 0.15) is 18.4 Å². The Bertz CT molecular complexity index is 510. The van der Waals surface area contributed by atoms with Crippen LogP contribution in [-0.2, 0) is 9.53 Å². The number of hydrogen-bond donors (Lipinski definition) is 0. The predicted molar refractivity (Wildman–Crippen MR) is 68.6 cm³/mol. The second-order valence-corrected chi connectivity index (χ2v) is 4.58. The fraction of sp³-hybridized carbons (Fsp3) is 0.385. The third-order valence-corrected chi connectivity index (χ3v) is 3.35. The Hall–Kier alpha value is -1.73. The van der Waals surface area contributed by atoms with E-state index in [2.05, 4.69) is 6.07 Å². The third kappa shape index (κ3) is 2.27. The number of methoxy groups -OCH3 is 1. The number of anilines is 1. The number of benzene rings is 1. The summed E-state index contributed by atoms with van der Waals surface area (Å²) in [5, 5.41) is 9.67. The fourth-order valence-electron chi connectivity index (χ4n) is 2.27. The zero-order chi connectivity index (χ0) is 13.1. The van der Waals surface area contributed by atoms with Crippen LogP contribution in [0.2, 0.25) is 5.02 Å². The number of hydrogen-bond acceptors (Lipinski definition) is 4. The van der Waals surface area contributed by atoms with E-state index in [1.807, 2.05) is 4.90 Å². The molecule has 0 aromatic heterocycles. The van der Waals surface area contributed by atoms with Crippen molar-refractivity contribution in [3.8, 4) is 6.07 Å². The number of ether oxygens (including phenoxy) is 1. The summed E-state index contributed by atoms with van der Waals surface area (Å²) in [5.41, 5.74) is 1.23. The molecular formula is C13H13ClN2O2. The van der Waals surface area contributed by atoms with Crippen molar-refractivity contribution >= 4 is 23.3 Å². The highest BCUT2D eigenvalue weighted by molar-refractivity contribution is 6.30. The SMILES string of the molecule is COC(=O)C1CCCN1c1cc(Cl)ccc1C#N. The van der Waals surface area contributed by atoms with Gasteiger partial charge in [0.2, 0.25) is 0 Å². The van der Waals surface area contributed by atoms with Gasteiger partial charge in [-0.25, -0.2) is 4.79 Å². The molecular weight excluding hydrogens is 252 g/mol. The molecule has 0 saturated carbocycles. The highest BCUT2D eigenvalue weighted by Crippen LogP contribution is 2.31. The molecule has 1 atom stereocenters. The molecule has 0 radical (unpaired) electrons. The molecule has 5 heteroatoms. The third-order valence-electron chi connectivity index (χ3n) is 3.12. The molecule has 1 fully saturated rings. The van der Waals surface area contributed by atoms with Gasteiger partial charge < -0.3 is 9.64 Å². The van der Waals surface area contributed by atoms with E-state index in [0.717, 1.165) is 19.4 Å². The van der Waals surface area contributed by atoms with E-state index in [-0.39, 0.29) is 12.0 Å². The van der Waals surface area contributed by atoms with Gasteiger partial charge in [0.05, 0.1) is 18.4 Å². The zero-order valence-corrected chi connectivity index (χ0v) is 10.8. The number of rotatable bonds is 2. The van der Waals surface area contributed by atoms with Gasteiger partial charge >= 0.3 is 5.97 Å². The maximum atomic E-state index is 11.7. The van der Waals surface area contributed by atoms with Gasteiger partial charge in [-0.05, 0) is 31.0 Å². The van der Waals surface area contributed by atoms with E-state index in [1.165, 1.54) is 7.11 Å². The van der Waals surface area contributed by atoms with Gasteiger partial charge in [0.1, 0.15) is 12.1 Å². The molecule has 1 aromatic carbocycles. The Labute approximate surface area is 111 Å². The minimum atomic E-state index is -0.319. The van der Waals surface area contributed by atoms with Crippen LogP contribution in [-0.4, -0.2) is 25.7 Å². The monoisotopic (exact) mass is 264 g/mol. The van der Waals surface area contributed by atoms with Gasteiger partial charge in [-0.3, -0.25) is 0 Å². The first-order valence-corrected chi connectivity index (χ1v) is 6.09. The normalized spacial score (nSPS) is 18.5. The Balaban J connectivity index is 2.39. The number of nitrogens with zero attached hydrogens (tertiary/aromatic N) is 2. The van der Waals surface area contributed by atoms with E-state index >= 15 is 0 Å². The molecule has 0 N–H and O–H groups in total. The Morgan fingerprint density at radius 3 is 3.06 bits per heavy atom. The van der Waals surface area contributed by atoms with Crippen molar-refractivity contribution < 1.29 is 9.53 Å². The molecule has 94 valence electrons. The molecule has 1 aromatic rings. The van der Waals surface area contributed by atoms with Crippen molar-refractivity contribution in [2.75, 3.05) is 18.6 Å². The molecule has 1 heterocycles. The van der Waals surface area contributed by atoms with E-state index in [9.17, 15) is 4.79 Å². The van der Waals surface area contributed by atoms with Crippen LogP contribution < -0.4 is 4.90 Å². The first-order valence-electron chi connectivity index (χ1n) is 5.71. The molecule has 1 saturated heterocycles. The van der Waals surface area contributed by atoms with E-state index in [4.69, 9.17) is 21.6 Å². The van der Waals surface area contributed by atoms with Crippen molar-refractivity contribution in [1.82, 2.24) is 0 Å². The highest BCUT2D eigenvalue weighted by atomic mass is 35.5. The molecule has 2 rings (SSSR count). The summed E-state index contributed by atoms with van der Waals surface area (Å²) in [6.45, 7) is 0.731. The first-order chi connectivity index (χ1) is 8.67. The van der Waals surface area contributed by atoms with Crippen molar-refractivity contribution in [2.24, 2.45) is 0 Å². The molecule has 0 amide bonds. The molecule has 1 aliphatic rings. The van der Waals surface area contributed by atoms with Crippen LogP contribution in [0.25, 0.3) is 0 Å². The average molecular weight is 265 g/mol. The first kappa shape index (κ1) is 12.7. The summed E-state index contributed by atoms with van der Waals surface area (Å²) >= 11 is 5.96. The van der Waals surface area contributed by atoms with Crippen LogP contribution in [0.15, 0.2) is 18.2 Å². The average Bonchev–Trinajstić information content (AvgIpc) is 2.86. The second kappa shape index (κ2) is 5.28. The summed E-state index contributed by atoms with van der Waals surface area (Å²) in [4.78, 5) is 13.6. The fourth-order valence-corrected chi connectivity index (χ4v) is 2.44. The highest BCUT2D eigenvalue weighted by Gasteiger charge is 2.32. The lowest BCUT2D eigenvalue weighted by molar-refractivity contribution is -0.141. The van der Waals surface area contributed by atoms with Gasteiger partial charge in [-0.1, -0.05) is 11.6 Å². The predicted octanol–water partition coefficient (Wildman–Crippen LogP) is 2.35. The van der Waals surface area contributed by atoms with Gasteiger partial charge in [0.25, 0.3) is 0 Å². The Morgan fingerprint density at radius 2 is 2.39 bits per heavy atom. The lowest BCUT2D eigenvalue weighted by Gasteiger charge is -2.25. The minimum Gasteiger partial charge on any atom is -0.467 e. The maximum Gasteiger partial charge on any atom is 0.328 e. The zero-order valence-electron chi connectivity index (χ0n) is 10.0. The van der Waals surface area contributed by atoms with Crippen LogP contribution in [0.3, 0.4) is 0 Å². The van der Waals surface area contributed by atoms with Crippen LogP contribution >= 0.6 is 11.6 Å². The smallest absolute Gasteiger partial charge is 0.328 e. The van der Waals surface area contributed by atoms with E-state index < -0.39 is 0 Å². The van der Waals surface area contributed by atoms with Crippen molar-refractivity contribution in [3.05, 3.63) is 28.8 Å². The number of halogens is 1. The van der Waals surface area contributed by atoms with Crippen molar-refractivity contribution in [2.45, 2.75) is 18.9 Å². The van der Waals surface area contributed by atoms with Crippen molar-refractivity contribution in [1.29, 1.82) is 5.26 Å². The summed E-state index contributed by atoms with van der Waals surface area (Å²) < 4.78 is 4.79. The van der Waals surface area contributed by atoms with Crippen molar-refractivity contribution in [3.63, 3.8) is 0 Å². The molecule has 18 heavy (non-hydrogen) atoms. The molecule has 0 aliphatic carbocycles. The second-order valence-electron chi connectivity index (χ2n) is 4.15. The maximum absolute atomic E-state index is 11.7. The summed E-state index contributed by atoms with van der Waals surface area (Å²) in [6.07, 6.45) is 1.64. The summed E-state index contributed by atoms with van der Waals surface area (Å²) in [6, 6.07) is 6.87. The quantitative estimate of drug-likeness (QED) is 0.770. The minimum absolute atomic E-state index is 0.267. The lowest BCUT2D eigenvalue weighted by atomic mass is 10.1.